The third kappa shape index (κ3) is 2.97. The van der Waals surface area contributed by atoms with Crippen LogP contribution in [-0.2, 0) is 0 Å². The van der Waals surface area contributed by atoms with E-state index >= 15 is 0 Å². The fourth-order valence-corrected chi connectivity index (χ4v) is 1.56. The Balaban J connectivity index is 3.06. The molecule has 0 bridgehead atoms. The fraction of sp³-hybridized carbons (Fsp3) is 0.143. The maximum atomic E-state index is 12.8. The van der Waals surface area contributed by atoms with Crippen molar-refractivity contribution >= 4 is 38.5 Å². The number of ether oxygens (including phenoxy) is 1. The minimum absolute atomic E-state index is 0.0457. The average Bonchev–Trinajstić information content (AvgIpc) is 2.04. The van der Waals surface area contributed by atoms with E-state index in [2.05, 4.69) is 20.7 Å². The number of halogens is 6. The maximum absolute atomic E-state index is 12.8. The van der Waals surface area contributed by atoms with Crippen molar-refractivity contribution in [2.45, 2.75) is 6.36 Å². The molecule has 0 aliphatic rings. The summed E-state index contributed by atoms with van der Waals surface area (Å²) in [6.07, 6.45) is -4.77. The molecule has 0 aliphatic heterocycles. The Morgan fingerprint density at radius 2 is 1.86 bits per heavy atom. The molecule has 14 heavy (non-hydrogen) atoms. The van der Waals surface area contributed by atoms with Crippen molar-refractivity contribution in [1.82, 2.24) is 0 Å². The van der Waals surface area contributed by atoms with Gasteiger partial charge >= 0.3 is 6.36 Å². The SMILES string of the molecule is Fc1ccc(OC(F)(F)F)c(Br)c1I. The van der Waals surface area contributed by atoms with Gasteiger partial charge in [0, 0.05) is 0 Å². The Hall–Kier alpha value is -0.0500. The number of hydrogen-bond acceptors (Lipinski definition) is 1. The molecule has 1 nitrogen and oxygen atoms in total. The van der Waals surface area contributed by atoms with Crippen molar-refractivity contribution in [3.05, 3.63) is 26.0 Å². The van der Waals surface area contributed by atoms with Crippen LogP contribution in [0.5, 0.6) is 5.75 Å². The van der Waals surface area contributed by atoms with Gasteiger partial charge in [0.15, 0.2) is 0 Å². The van der Waals surface area contributed by atoms with Crippen LogP contribution in [0.25, 0.3) is 0 Å². The van der Waals surface area contributed by atoms with Crippen LogP contribution in [-0.4, -0.2) is 6.36 Å². The summed E-state index contributed by atoms with van der Waals surface area (Å²) in [6, 6.07) is 1.82. The van der Waals surface area contributed by atoms with E-state index in [1.807, 2.05) is 0 Å². The lowest BCUT2D eigenvalue weighted by molar-refractivity contribution is -0.274. The van der Waals surface area contributed by atoms with E-state index in [0.29, 0.717) is 0 Å². The molecule has 0 heterocycles. The Labute approximate surface area is 98.7 Å². The number of hydrogen-bond donors (Lipinski definition) is 0. The molecular weight excluding hydrogens is 383 g/mol. The molecule has 78 valence electrons. The summed E-state index contributed by atoms with van der Waals surface area (Å²) in [4.78, 5) is 0. The van der Waals surface area contributed by atoms with Crippen LogP contribution < -0.4 is 4.74 Å². The van der Waals surface area contributed by atoms with Crippen molar-refractivity contribution < 1.29 is 22.3 Å². The van der Waals surface area contributed by atoms with Crippen LogP contribution in [0.4, 0.5) is 17.6 Å². The zero-order valence-corrected chi connectivity index (χ0v) is 10.1. The lowest BCUT2D eigenvalue weighted by Gasteiger charge is -2.11. The Kier molecular flexibility index (Phi) is 3.62. The summed E-state index contributed by atoms with van der Waals surface area (Å²) in [5.74, 6) is -1.06. The fourth-order valence-electron chi connectivity index (χ4n) is 0.712. The van der Waals surface area contributed by atoms with Gasteiger partial charge in [0.1, 0.15) is 11.6 Å². The molecule has 1 rings (SSSR count). The molecule has 0 unspecified atom stereocenters. The highest BCUT2D eigenvalue weighted by molar-refractivity contribution is 14.1. The number of alkyl halides is 3. The molecule has 1 aromatic rings. The van der Waals surface area contributed by atoms with Gasteiger partial charge in [0.2, 0.25) is 0 Å². The van der Waals surface area contributed by atoms with E-state index in [-0.39, 0.29) is 8.04 Å². The predicted octanol–water partition coefficient (Wildman–Crippen LogP) is 4.09. The molecule has 0 radical (unpaired) electrons. The summed E-state index contributed by atoms with van der Waals surface area (Å²) in [5.41, 5.74) is 0. The highest BCUT2D eigenvalue weighted by Gasteiger charge is 2.32. The Morgan fingerprint density at radius 3 is 2.36 bits per heavy atom. The Bertz CT molecular complexity index is 352. The monoisotopic (exact) mass is 384 g/mol. The first-order chi connectivity index (χ1) is 6.31. The maximum Gasteiger partial charge on any atom is 0.573 e. The van der Waals surface area contributed by atoms with Gasteiger partial charge in [-0.3, -0.25) is 0 Å². The summed E-state index contributed by atoms with van der Waals surface area (Å²) >= 11 is 4.39. The zero-order valence-electron chi connectivity index (χ0n) is 6.33. The zero-order chi connectivity index (χ0) is 10.9. The molecule has 0 N–H and O–H groups in total. The first-order valence-electron chi connectivity index (χ1n) is 3.20. The summed E-state index contributed by atoms with van der Waals surface area (Å²) < 4.78 is 51.9. The largest absolute Gasteiger partial charge is 0.573 e. The van der Waals surface area contributed by atoms with E-state index in [0.717, 1.165) is 12.1 Å². The molecule has 1 aromatic carbocycles. The van der Waals surface area contributed by atoms with Crippen molar-refractivity contribution in [2.75, 3.05) is 0 Å². The van der Waals surface area contributed by atoms with Gasteiger partial charge in [-0.05, 0) is 50.7 Å². The predicted molar refractivity (Wildman–Crippen MR) is 53.5 cm³/mol. The molecular formula is C7H2BrF4IO. The van der Waals surface area contributed by atoms with Crippen LogP contribution in [0.3, 0.4) is 0 Å². The van der Waals surface area contributed by atoms with Gasteiger partial charge < -0.3 is 4.74 Å². The molecule has 0 atom stereocenters. The van der Waals surface area contributed by atoms with Crippen molar-refractivity contribution in [2.24, 2.45) is 0 Å². The quantitative estimate of drug-likeness (QED) is 0.402. The number of rotatable bonds is 1. The van der Waals surface area contributed by atoms with Crippen molar-refractivity contribution in [3.8, 4) is 5.75 Å². The second-order valence-electron chi connectivity index (χ2n) is 2.22. The van der Waals surface area contributed by atoms with Crippen LogP contribution in [0.2, 0.25) is 0 Å². The smallest absolute Gasteiger partial charge is 0.405 e. The van der Waals surface area contributed by atoms with E-state index < -0.39 is 17.9 Å². The van der Waals surface area contributed by atoms with Crippen LogP contribution >= 0.6 is 38.5 Å². The van der Waals surface area contributed by atoms with Gasteiger partial charge in [0.05, 0.1) is 8.04 Å². The third-order valence-corrected chi connectivity index (χ3v) is 3.81. The van der Waals surface area contributed by atoms with Crippen molar-refractivity contribution in [1.29, 1.82) is 0 Å². The lowest BCUT2D eigenvalue weighted by atomic mass is 10.3. The van der Waals surface area contributed by atoms with Gasteiger partial charge in [0.25, 0.3) is 0 Å². The van der Waals surface area contributed by atoms with E-state index in [1.165, 1.54) is 0 Å². The van der Waals surface area contributed by atoms with Crippen LogP contribution in [0.1, 0.15) is 0 Å². The first-order valence-corrected chi connectivity index (χ1v) is 5.07. The minimum Gasteiger partial charge on any atom is -0.405 e. The van der Waals surface area contributed by atoms with Gasteiger partial charge in [-0.15, -0.1) is 13.2 Å². The van der Waals surface area contributed by atoms with Crippen LogP contribution in [0.15, 0.2) is 16.6 Å². The minimum atomic E-state index is -4.77. The van der Waals surface area contributed by atoms with Gasteiger partial charge in [-0.1, -0.05) is 0 Å². The molecule has 7 heteroatoms. The van der Waals surface area contributed by atoms with Gasteiger partial charge in [-0.2, -0.15) is 0 Å². The Morgan fingerprint density at radius 1 is 1.29 bits per heavy atom. The molecule has 0 aliphatic carbocycles. The first kappa shape index (κ1) is 12.0. The normalized spacial score (nSPS) is 11.6. The summed E-state index contributed by atoms with van der Waals surface area (Å²) in [5, 5.41) is 0. The van der Waals surface area contributed by atoms with E-state index in [4.69, 9.17) is 0 Å². The molecule has 0 amide bonds. The van der Waals surface area contributed by atoms with Gasteiger partial charge in [-0.25, -0.2) is 4.39 Å². The highest BCUT2D eigenvalue weighted by atomic mass is 127. The summed E-state index contributed by atoms with van der Waals surface area (Å²) in [6.45, 7) is 0. The van der Waals surface area contributed by atoms with Crippen molar-refractivity contribution in [3.63, 3.8) is 0 Å². The summed E-state index contributed by atoms with van der Waals surface area (Å²) in [7, 11) is 0. The standard InChI is InChI=1S/C7H2BrF4IO/c8-5-4(14-7(10,11)12)2-1-3(9)6(5)13/h1-2H. The molecule has 0 spiro atoms. The molecule has 0 saturated carbocycles. The number of benzene rings is 1. The third-order valence-electron chi connectivity index (χ3n) is 1.23. The second-order valence-corrected chi connectivity index (χ2v) is 4.09. The molecule has 0 aromatic heterocycles. The van der Waals surface area contributed by atoms with Crippen LogP contribution in [0, 0.1) is 9.39 Å². The lowest BCUT2D eigenvalue weighted by Crippen LogP contribution is -2.17. The second kappa shape index (κ2) is 4.21. The molecule has 0 saturated heterocycles. The van der Waals surface area contributed by atoms with E-state index in [1.54, 1.807) is 22.6 Å². The highest BCUT2D eigenvalue weighted by Crippen LogP contribution is 2.34. The van der Waals surface area contributed by atoms with E-state index in [9.17, 15) is 17.6 Å². The molecule has 0 fully saturated rings. The average molecular weight is 385 g/mol. The topological polar surface area (TPSA) is 9.23 Å².